The minimum Gasteiger partial charge on any atom is -0.431 e. The quantitative estimate of drug-likeness (QED) is 0.467. The van der Waals surface area contributed by atoms with Crippen LogP contribution in [0.3, 0.4) is 0 Å². The van der Waals surface area contributed by atoms with E-state index < -0.39 is 11.9 Å². The van der Waals surface area contributed by atoms with Crippen LogP contribution in [0.5, 0.6) is 0 Å². The lowest BCUT2D eigenvalue weighted by Crippen LogP contribution is -2.00. The zero-order valence-corrected chi connectivity index (χ0v) is 13.6. The van der Waals surface area contributed by atoms with Crippen LogP contribution in [0.4, 0.5) is 0 Å². The molecule has 0 radical (unpaired) electrons. The Morgan fingerprint density at radius 2 is 1.00 bits per heavy atom. The second kappa shape index (κ2) is 8.48. The maximum absolute atomic E-state index is 11.7. The highest BCUT2D eigenvalue weighted by molar-refractivity contribution is 5.90. The second-order valence-corrected chi connectivity index (χ2v) is 5.20. The molecule has 2 rings (SSSR count). The van der Waals surface area contributed by atoms with Crippen molar-refractivity contribution in [2.75, 3.05) is 0 Å². The standard InChI is InChI=1S/C20H18O4/c1-15-5-9-17(10-6-15)19(21)23-13-3-4-14-24-20(22)18-11-7-16(2)8-12-18/h3-14H,1-2H3. The highest BCUT2D eigenvalue weighted by Crippen LogP contribution is 2.06. The molecule has 4 nitrogen and oxygen atoms in total. The highest BCUT2D eigenvalue weighted by Gasteiger charge is 2.04. The van der Waals surface area contributed by atoms with Crippen LogP contribution in [-0.2, 0) is 9.47 Å². The van der Waals surface area contributed by atoms with Crippen molar-refractivity contribution in [2.45, 2.75) is 13.8 Å². The van der Waals surface area contributed by atoms with Crippen molar-refractivity contribution in [3.63, 3.8) is 0 Å². The van der Waals surface area contributed by atoms with E-state index in [1.165, 1.54) is 24.7 Å². The molecule has 4 heteroatoms. The van der Waals surface area contributed by atoms with E-state index >= 15 is 0 Å². The van der Waals surface area contributed by atoms with Crippen molar-refractivity contribution >= 4 is 11.9 Å². The largest absolute Gasteiger partial charge is 0.431 e. The Labute approximate surface area is 141 Å². The fourth-order valence-corrected chi connectivity index (χ4v) is 1.81. The van der Waals surface area contributed by atoms with Crippen molar-refractivity contribution in [2.24, 2.45) is 0 Å². The van der Waals surface area contributed by atoms with Gasteiger partial charge < -0.3 is 9.47 Å². The van der Waals surface area contributed by atoms with Gasteiger partial charge in [-0.15, -0.1) is 0 Å². The smallest absolute Gasteiger partial charge is 0.342 e. The van der Waals surface area contributed by atoms with Crippen molar-refractivity contribution in [1.29, 1.82) is 0 Å². The lowest BCUT2D eigenvalue weighted by Gasteiger charge is -2.00. The van der Waals surface area contributed by atoms with E-state index in [1.807, 2.05) is 38.1 Å². The number of hydrogen-bond acceptors (Lipinski definition) is 4. The fourth-order valence-electron chi connectivity index (χ4n) is 1.81. The molecule has 0 unspecified atom stereocenters. The molecule has 0 aliphatic rings. The topological polar surface area (TPSA) is 52.6 Å². The molecule has 0 aliphatic heterocycles. The molecular formula is C20H18O4. The van der Waals surface area contributed by atoms with E-state index in [0.717, 1.165) is 11.1 Å². The van der Waals surface area contributed by atoms with Gasteiger partial charge in [0.1, 0.15) is 0 Å². The Bertz CT molecular complexity index is 686. The maximum Gasteiger partial charge on any atom is 0.342 e. The molecule has 0 saturated carbocycles. The van der Waals surface area contributed by atoms with Crippen molar-refractivity contribution in [3.8, 4) is 0 Å². The molecule has 0 bridgehead atoms. The summed E-state index contributed by atoms with van der Waals surface area (Å²) < 4.78 is 9.92. The molecule has 0 fully saturated rings. The summed E-state index contributed by atoms with van der Waals surface area (Å²) in [5, 5.41) is 0. The first-order chi connectivity index (χ1) is 11.6. The van der Waals surface area contributed by atoms with Gasteiger partial charge in [-0.2, -0.15) is 0 Å². The fraction of sp³-hybridized carbons (Fsp3) is 0.100. The third-order valence-electron chi connectivity index (χ3n) is 3.19. The monoisotopic (exact) mass is 322 g/mol. The van der Waals surface area contributed by atoms with Crippen LogP contribution in [0.2, 0.25) is 0 Å². The van der Waals surface area contributed by atoms with Crippen LogP contribution in [0.25, 0.3) is 0 Å². The number of esters is 2. The van der Waals surface area contributed by atoms with Crippen LogP contribution < -0.4 is 0 Å². The molecular weight excluding hydrogens is 304 g/mol. The molecule has 0 amide bonds. The minimum atomic E-state index is -0.448. The lowest BCUT2D eigenvalue weighted by atomic mass is 10.1. The number of hydrogen-bond donors (Lipinski definition) is 0. The number of ether oxygens (including phenoxy) is 2. The summed E-state index contributed by atoms with van der Waals surface area (Å²) in [4.78, 5) is 23.5. The third-order valence-corrected chi connectivity index (χ3v) is 3.19. The van der Waals surface area contributed by atoms with Gasteiger partial charge in [0.15, 0.2) is 0 Å². The average Bonchev–Trinajstić information content (AvgIpc) is 2.58. The van der Waals surface area contributed by atoms with Crippen molar-refractivity contribution < 1.29 is 19.1 Å². The van der Waals surface area contributed by atoms with E-state index in [2.05, 4.69) is 0 Å². The summed E-state index contributed by atoms with van der Waals surface area (Å²) in [7, 11) is 0. The van der Waals surface area contributed by atoms with E-state index in [-0.39, 0.29) is 0 Å². The summed E-state index contributed by atoms with van der Waals surface area (Å²) in [6.07, 6.45) is 5.40. The Balaban J connectivity index is 1.78. The number of carbonyl (C=O) groups excluding carboxylic acids is 2. The summed E-state index contributed by atoms with van der Waals surface area (Å²) in [5.74, 6) is -0.896. The Kier molecular flexibility index (Phi) is 6.08. The molecule has 0 spiro atoms. The van der Waals surface area contributed by atoms with Gasteiger partial charge >= 0.3 is 11.9 Å². The van der Waals surface area contributed by atoms with Gasteiger partial charge in [-0.25, -0.2) is 9.59 Å². The first-order valence-electron chi connectivity index (χ1n) is 7.43. The molecule has 2 aromatic rings. The molecule has 2 aromatic carbocycles. The average molecular weight is 322 g/mol. The molecule has 0 saturated heterocycles. The van der Waals surface area contributed by atoms with E-state index in [4.69, 9.17) is 9.47 Å². The van der Waals surface area contributed by atoms with Gasteiger partial charge in [0.05, 0.1) is 23.7 Å². The first kappa shape index (κ1) is 17.2. The zero-order chi connectivity index (χ0) is 17.4. The Morgan fingerprint density at radius 3 is 1.33 bits per heavy atom. The van der Waals surface area contributed by atoms with Crippen LogP contribution in [0.1, 0.15) is 31.8 Å². The third kappa shape index (κ3) is 5.25. The Hall–Kier alpha value is -3.14. The predicted molar refractivity (Wildman–Crippen MR) is 91.5 cm³/mol. The predicted octanol–water partition coefficient (Wildman–Crippen LogP) is 4.34. The molecule has 0 atom stereocenters. The molecule has 0 aromatic heterocycles. The summed E-state index contributed by atoms with van der Waals surface area (Å²) in [6, 6.07) is 14.1. The zero-order valence-electron chi connectivity index (χ0n) is 13.6. The SMILES string of the molecule is Cc1ccc(C(=O)OC=CC=COC(=O)c2ccc(C)cc2)cc1. The van der Waals surface area contributed by atoms with Gasteiger partial charge in [-0.05, 0) is 50.3 Å². The van der Waals surface area contributed by atoms with Gasteiger partial charge in [0, 0.05) is 0 Å². The molecule has 0 N–H and O–H groups in total. The van der Waals surface area contributed by atoms with Crippen LogP contribution in [0.15, 0.2) is 73.2 Å². The number of benzene rings is 2. The van der Waals surface area contributed by atoms with E-state index in [0.29, 0.717) is 11.1 Å². The molecule has 0 heterocycles. The van der Waals surface area contributed by atoms with E-state index in [9.17, 15) is 9.59 Å². The van der Waals surface area contributed by atoms with Crippen LogP contribution in [-0.4, -0.2) is 11.9 Å². The molecule has 122 valence electrons. The van der Waals surface area contributed by atoms with E-state index in [1.54, 1.807) is 24.3 Å². The summed E-state index contributed by atoms with van der Waals surface area (Å²) in [6.45, 7) is 3.88. The molecule has 24 heavy (non-hydrogen) atoms. The van der Waals surface area contributed by atoms with Gasteiger partial charge in [0.2, 0.25) is 0 Å². The number of aryl methyl sites for hydroxylation is 2. The summed E-state index contributed by atoms with van der Waals surface area (Å²) in [5.41, 5.74) is 3.08. The van der Waals surface area contributed by atoms with Gasteiger partial charge in [0.25, 0.3) is 0 Å². The number of rotatable bonds is 5. The summed E-state index contributed by atoms with van der Waals surface area (Å²) >= 11 is 0. The number of carbonyl (C=O) groups is 2. The Morgan fingerprint density at radius 1 is 0.667 bits per heavy atom. The van der Waals surface area contributed by atoms with Crippen molar-refractivity contribution in [3.05, 3.63) is 95.5 Å². The van der Waals surface area contributed by atoms with Gasteiger partial charge in [-0.1, -0.05) is 35.4 Å². The first-order valence-corrected chi connectivity index (χ1v) is 7.43. The maximum atomic E-state index is 11.7. The minimum absolute atomic E-state index is 0.448. The molecule has 0 aliphatic carbocycles. The lowest BCUT2D eigenvalue weighted by molar-refractivity contribution is 0.0650. The highest BCUT2D eigenvalue weighted by atomic mass is 16.5. The number of allylic oxidation sites excluding steroid dienone is 2. The van der Waals surface area contributed by atoms with Crippen molar-refractivity contribution in [1.82, 2.24) is 0 Å². The normalized spacial score (nSPS) is 10.9. The van der Waals surface area contributed by atoms with Crippen LogP contribution >= 0.6 is 0 Å². The second-order valence-electron chi connectivity index (χ2n) is 5.20. The van der Waals surface area contributed by atoms with Crippen LogP contribution in [0, 0.1) is 13.8 Å². The van der Waals surface area contributed by atoms with Gasteiger partial charge in [-0.3, -0.25) is 0 Å².